The highest BCUT2D eigenvalue weighted by molar-refractivity contribution is 6.21. The van der Waals surface area contributed by atoms with Gasteiger partial charge in [0, 0.05) is 44.9 Å². The number of furan rings is 1. The quantitative estimate of drug-likeness (QED) is 0.177. The van der Waals surface area contributed by atoms with Crippen molar-refractivity contribution in [2.45, 2.75) is 19.3 Å². The molecule has 0 atom stereocenters. The Labute approximate surface area is 320 Å². The second-order valence-corrected chi connectivity index (χ2v) is 15.3. The number of hydrogen-bond donors (Lipinski definition) is 0. The molecule has 0 saturated carbocycles. The molecule has 0 bridgehead atoms. The van der Waals surface area contributed by atoms with Crippen molar-refractivity contribution in [3.63, 3.8) is 0 Å². The standard InChI is InChI=1S/C53H37NO/c1-53(2)48-22-11-10-20-43(48)44-29-27-39(32-49(44)53)54(38-25-23-35(24-26-38)34-13-4-3-5-14-34)40-28-30-45-47-31-37-16-7-9-19-42(37)51(52(47)55-50(45)33-40)46-21-12-17-36-15-6-8-18-41(36)46/h3-33H,1-2H3. The van der Waals surface area contributed by atoms with Crippen molar-refractivity contribution in [3.8, 4) is 33.4 Å². The highest BCUT2D eigenvalue weighted by Gasteiger charge is 2.35. The molecule has 0 unspecified atom stereocenters. The van der Waals surface area contributed by atoms with Crippen LogP contribution in [0.3, 0.4) is 0 Å². The lowest BCUT2D eigenvalue weighted by Crippen LogP contribution is -2.16. The molecule has 0 fully saturated rings. The molecule has 260 valence electrons. The van der Waals surface area contributed by atoms with E-state index in [2.05, 4.69) is 207 Å². The highest BCUT2D eigenvalue weighted by atomic mass is 16.3. The van der Waals surface area contributed by atoms with E-state index in [-0.39, 0.29) is 5.41 Å². The number of fused-ring (bicyclic) bond motifs is 8. The molecule has 0 saturated heterocycles. The Bertz CT molecular complexity index is 3110. The molecule has 0 amide bonds. The summed E-state index contributed by atoms with van der Waals surface area (Å²) in [7, 11) is 0. The van der Waals surface area contributed by atoms with Crippen LogP contribution in [-0.2, 0) is 5.41 Å². The molecule has 2 heteroatoms. The predicted molar refractivity (Wildman–Crippen MR) is 232 cm³/mol. The normalized spacial score (nSPS) is 13.1. The molecule has 2 nitrogen and oxygen atoms in total. The summed E-state index contributed by atoms with van der Waals surface area (Å²) in [5.41, 5.74) is 15.0. The Morgan fingerprint density at radius 3 is 1.87 bits per heavy atom. The zero-order valence-electron chi connectivity index (χ0n) is 30.8. The minimum absolute atomic E-state index is 0.118. The molecule has 0 N–H and O–H groups in total. The maximum atomic E-state index is 7.06. The fourth-order valence-corrected chi connectivity index (χ4v) is 9.12. The molecule has 10 aromatic rings. The van der Waals surface area contributed by atoms with Gasteiger partial charge in [-0.2, -0.15) is 0 Å². The van der Waals surface area contributed by atoms with Crippen molar-refractivity contribution < 1.29 is 4.42 Å². The fraction of sp³-hybridized carbons (Fsp3) is 0.0566. The van der Waals surface area contributed by atoms with Crippen molar-refractivity contribution in [2.75, 3.05) is 4.90 Å². The molecule has 1 aliphatic carbocycles. The molecule has 1 aromatic heterocycles. The van der Waals surface area contributed by atoms with Crippen molar-refractivity contribution >= 4 is 60.5 Å². The number of anilines is 3. The second-order valence-electron chi connectivity index (χ2n) is 15.3. The van der Waals surface area contributed by atoms with E-state index >= 15 is 0 Å². The lowest BCUT2D eigenvalue weighted by Gasteiger charge is -2.28. The number of rotatable bonds is 5. The first-order valence-electron chi connectivity index (χ1n) is 19.1. The third-order valence-electron chi connectivity index (χ3n) is 11.8. The average Bonchev–Trinajstić information content (AvgIpc) is 3.71. The van der Waals surface area contributed by atoms with E-state index in [0.29, 0.717) is 0 Å². The molecule has 9 aromatic carbocycles. The third kappa shape index (κ3) is 4.88. The van der Waals surface area contributed by atoms with Gasteiger partial charge in [-0.05, 0) is 103 Å². The number of hydrogen-bond acceptors (Lipinski definition) is 2. The lowest BCUT2D eigenvalue weighted by atomic mass is 9.82. The van der Waals surface area contributed by atoms with E-state index in [1.54, 1.807) is 0 Å². The summed E-state index contributed by atoms with van der Waals surface area (Å²) >= 11 is 0. The van der Waals surface area contributed by atoms with E-state index in [0.717, 1.165) is 44.6 Å². The predicted octanol–water partition coefficient (Wildman–Crippen LogP) is 15.0. The summed E-state index contributed by atoms with van der Waals surface area (Å²) in [6.07, 6.45) is 0. The first-order valence-corrected chi connectivity index (χ1v) is 19.1. The summed E-state index contributed by atoms with van der Waals surface area (Å²) in [6.45, 7) is 4.69. The van der Waals surface area contributed by atoms with Gasteiger partial charge in [0.05, 0.1) is 0 Å². The number of benzene rings is 9. The Balaban J connectivity index is 1.12. The SMILES string of the molecule is CC1(C)c2ccccc2-c2ccc(N(c3ccc(-c4ccccc4)cc3)c3ccc4c(c3)oc3c(-c5cccc6ccccc56)c5ccccc5cc34)cc21. The van der Waals surface area contributed by atoms with E-state index in [1.165, 1.54) is 60.5 Å². The van der Waals surface area contributed by atoms with Gasteiger partial charge in [0.1, 0.15) is 11.2 Å². The molecule has 1 heterocycles. The van der Waals surface area contributed by atoms with Gasteiger partial charge in [-0.25, -0.2) is 0 Å². The van der Waals surface area contributed by atoms with E-state index in [1.807, 2.05) is 0 Å². The van der Waals surface area contributed by atoms with E-state index in [4.69, 9.17) is 4.42 Å². The zero-order chi connectivity index (χ0) is 36.7. The topological polar surface area (TPSA) is 16.4 Å². The Kier molecular flexibility index (Phi) is 6.93. The van der Waals surface area contributed by atoms with Crippen LogP contribution in [-0.4, -0.2) is 0 Å². The minimum Gasteiger partial charge on any atom is -0.455 e. The summed E-state index contributed by atoms with van der Waals surface area (Å²) in [4.78, 5) is 2.38. The first kappa shape index (κ1) is 31.6. The van der Waals surface area contributed by atoms with Gasteiger partial charge in [0.2, 0.25) is 0 Å². The van der Waals surface area contributed by atoms with Crippen molar-refractivity contribution in [3.05, 3.63) is 199 Å². The summed E-state index contributed by atoms with van der Waals surface area (Å²) < 4.78 is 7.06. The van der Waals surface area contributed by atoms with Crippen LogP contribution < -0.4 is 4.90 Å². The lowest BCUT2D eigenvalue weighted by molar-refractivity contribution is 0.660. The van der Waals surface area contributed by atoms with Crippen molar-refractivity contribution in [1.82, 2.24) is 0 Å². The maximum absolute atomic E-state index is 7.06. The largest absolute Gasteiger partial charge is 0.455 e. The zero-order valence-corrected chi connectivity index (χ0v) is 30.8. The number of nitrogens with zero attached hydrogens (tertiary/aromatic N) is 1. The minimum atomic E-state index is -0.118. The maximum Gasteiger partial charge on any atom is 0.143 e. The third-order valence-corrected chi connectivity index (χ3v) is 11.8. The molecule has 11 rings (SSSR count). The van der Waals surface area contributed by atoms with Gasteiger partial charge < -0.3 is 9.32 Å². The Morgan fingerprint density at radius 2 is 1.02 bits per heavy atom. The Morgan fingerprint density at radius 1 is 0.400 bits per heavy atom. The van der Waals surface area contributed by atoms with Gasteiger partial charge in [0.15, 0.2) is 0 Å². The molecule has 0 spiro atoms. The molecule has 0 aliphatic heterocycles. The smallest absolute Gasteiger partial charge is 0.143 e. The molecular formula is C53H37NO. The second kappa shape index (κ2) is 12.1. The monoisotopic (exact) mass is 703 g/mol. The van der Waals surface area contributed by atoms with E-state index < -0.39 is 0 Å². The fourth-order valence-electron chi connectivity index (χ4n) is 9.12. The van der Waals surface area contributed by atoms with Crippen LogP contribution in [0.4, 0.5) is 17.1 Å². The van der Waals surface area contributed by atoms with E-state index in [9.17, 15) is 0 Å². The molecule has 1 aliphatic rings. The molecule has 55 heavy (non-hydrogen) atoms. The summed E-state index contributed by atoms with van der Waals surface area (Å²) in [6, 6.07) is 68.3. The van der Waals surface area contributed by atoms with Gasteiger partial charge in [-0.1, -0.05) is 153 Å². The van der Waals surface area contributed by atoms with Gasteiger partial charge >= 0.3 is 0 Å². The van der Waals surface area contributed by atoms with Gasteiger partial charge in [-0.3, -0.25) is 0 Å². The Hall–Kier alpha value is -6.90. The summed E-state index contributed by atoms with van der Waals surface area (Å²) in [5, 5.41) is 7.05. The van der Waals surface area contributed by atoms with Crippen LogP contribution in [0.1, 0.15) is 25.0 Å². The van der Waals surface area contributed by atoms with Crippen LogP contribution in [0, 0.1) is 0 Å². The van der Waals surface area contributed by atoms with Crippen LogP contribution in [0.15, 0.2) is 192 Å². The van der Waals surface area contributed by atoms with Gasteiger partial charge in [-0.15, -0.1) is 0 Å². The molecular weight excluding hydrogens is 667 g/mol. The van der Waals surface area contributed by atoms with Crippen LogP contribution >= 0.6 is 0 Å². The molecule has 0 radical (unpaired) electrons. The van der Waals surface area contributed by atoms with Crippen molar-refractivity contribution in [1.29, 1.82) is 0 Å². The average molecular weight is 704 g/mol. The van der Waals surface area contributed by atoms with Crippen molar-refractivity contribution in [2.24, 2.45) is 0 Å². The summed E-state index contributed by atoms with van der Waals surface area (Å²) in [5.74, 6) is 0. The first-order chi connectivity index (χ1) is 27.0. The van der Waals surface area contributed by atoms with Crippen LogP contribution in [0.25, 0.3) is 76.9 Å². The van der Waals surface area contributed by atoms with Crippen LogP contribution in [0.5, 0.6) is 0 Å². The highest BCUT2D eigenvalue weighted by Crippen LogP contribution is 2.51. The van der Waals surface area contributed by atoms with Gasteiger partial charge in [0.25, 0.3) is 0 Å². The van der Waals surface area contributed by atoms with Crippen LogP contribution in [0.2, 0.25) is 0 Å².